The summed E-state index contributed by atoms with van der Waals surface area (Å²) in [5.74, 6) is 0. The fourth-order valence-corrected chi connectivity index (χ4v) is 2.20. The predicted molar refractivity (Wildman–Crippen MR) is 73.1 cm³/mol. The zero-order valence-electron chi connectivity index (χ0n) is 11.6. The number of carbonyl (C=O) groups is 1. The van der Waals surface area contributed by atoms with E-state index >= 15 is 0 Å². The third kappa shape index (κ3) is 3.47. The molecule has 0 aliphatic carbocycles. The maximum absolute atomic E-state index is 11.7. The first-order chi connectivity index (χ1) is 9.24. The molecule has 1 unspecified atom stereocenters. The maximum atomic E-state index is 11.7. The zero-order chi connectivity index (χ0) is 13.7. The van der Waals surface area contributed by atoms with Crippen molar-refractivity contribution < 1.29 is 14.3 Å². The lowest BCUT2D eigenvalue weighted by molar-refractivity contribution is -0.0279. The van der Waals surface area contributed by atoms with Gasteiger partial charge in [-0.25, -0.2) is 4.79 Å². The number of hydrogen-bond donors (Lipinski definition) is 0. The topological polar surface area (TPSA) is 38.8 Å². The summed E-state index contributed by atoms with van der Waals surface area (Å²) < 4.78 is 10.8. The van der Waals surface area contributed by atoms with Crippen LogP contribution in [0, 0.1) is 0 Å². The molecule has 1 fully saturated rings. The third-order valence-corrected chi connectivity index (χ3v) is 3.35. The second kappa shape index (κ2) is 6.57. The standard InChI is InChI=1S/C15H21NO3/c1-3-12-5-7-13(8-6-12)14-11-16(9-10-19-14)15(17)18-4-2/h5-8,14H,3-4,9-11H2,1-2H3. The molecule has 1 aromatic carbocycles. The van der Waals surface area contributed by atoms with Gasteiger partial charge in [-0.3, -0.25) is 0 Å². The van der Waals surface area contributed by atoms with E-state index in [-0.39, 0.29) is 12.2 Å². The van der Waals surface area contributed by atoms with Crippen LogP contribution < -0.4 is 0 Å². The summed E-state index contributed by atoms with van der Waals surface area (Å²) >= 11 is 0. The molecule has 1 heterocycles. The fourth-order valence-electron chi connectivity index (χ4n) is 2.20. The summed E-state index contributed by atoms with van der Waals surface area (Å²) in [4.78, 5) is 13.4. The first-order valence-corrected chi connectivity index (χ1v) is 6.86. The van der Waals surface area contributed by atoms with Gasteiger partial charge in [0.1, 0.15) is 6.10 Å². The molecule has 4 nitrogen and oxygen atoms in total. The van der Waals surface area contributed by atoms with E-state index in [4.69, 9.17) is 9.47 Å². The number of benzene rings is 1. The molecular weight excluding hydrogens is 242 g/mol. The highest BCUT2D eigenvalue weighted by molar-refractivity contribution is 5.67. The first kappa shape index (κ1) is 13.9. The minimum absolute atomic E-state index is 0.0518. The molecule has 1 atom stereocenters. The van der Waals surface area contributed by atoms with E-state index in [0.717, 1.165) is 12.0 Å². The van der Waals surface area contributed by atoms with E-state index in [1.165, 1.54) is 5.56 Å². The lowest BCUT2D eigenvalue weighted by atomic mass is 10.0. The van der Waals surface area contributed by atoms with Gasteiger partial charge < -0.3 is 14.4 Å². The van der Waals surface area contributed by atoms with E-state index in [1.807, 2.05) is 6.92 Å². The Hall–Kier alpha value is -1.55. The summed E-state index contributed by atoms with van der Waals surface area (Å²) in [6, 6.07) is 8.39. The van der Waals surface area contributed by atoms with Gasteiger partial charge >= 0.3 is 6.09 Å². The van der Waals surface area contributed by atoms with Gasteiger partial charge in [-0.1, -0.05) is 31.2 Å². The van der Waals surface area contributed by atoms with Gasteiger partial charge in [0, 0.05) is 6.54 Å². The van der Waals surface area contributed by atoms with Gasteiger partial charge in [-0.2, -0.15) is 0 Å². The van der Waals surface area contributed by atoms with Crippen LogP contribution in [0.3, 0.4) is 0 Å². The van der Waals surface area contributed by atoms with Crippen molar-refractivity contribution in [3.63, 3.8) is 0 Å². The molecular formula is C15H21NO3. The Balaban J connectivity index is 2.01. The monoisotopic (exact) mass is 263 g/mol. The van der Waals surface area contributed by atoms with E-state index < -0.39 is 0 Å². The Labute approximate surface area is 114 Å². The SMILES string of the molecule is CCOC(=O)N1CCOC(c2ccc(CC)cc2)C1. The van der Waals surface area contributed by atoms with Crippen molar-refractivity contribution in [2.75, 3.05) is 26.3 Å². The second-order valence-electron chi connectivity index (χ2n) is 4.60. The van der Waals surface area contributed by atoms with Crippen molar-refractivity contribution in [2.45, 2.75) is 26.4 Å². The van der Waals surface area contributed by atoms with Crippen molar-refractivity contribution >= 4 is 6.09 Å². The lowest BCUT2D eigenvalue weighted by Crippen LogP contribution is -2.42. The maximum Gasteiger partial charge on any atom is 0.409 e. The molecule has 0 spiro atoms. The van der Waals surface area contributed by atoms with E-state index in [0.29, 0.717) is 26.3 Å². The van der Waals surface area contributed by atoms with Gasteiger partial charge in [-0.05, 0) is 24.5 Å². The molecule has 1 aromatic rings. The molecule has 1 aliphatic rings. The van der Waals surface area contributed by atoms with Crippen LogP contribution >= 0.6 is 0 Å². The zero-order valence-corrected chi connectivity index (χ0v) is 11.6. The quantitative estimate of drug-likeness (QED) is 0.841. The Bertz CT molecular complexity index is 416. The minimum atomic E-state index is -0.249. The van der Waals surface area contributed by atoms with Crippen LogP contribution in [0.25, 0.3) is 0 Å². The lowest BCUT2D eigenvalue weighted by Gasteiger charge is -2.32. The summed E-state index contributed by atoms with van der Waals surface area (Å²) in [6.45, 7) is 6.08. The number of nitrogens with zero attached hydrogens (tertiary/aromatic N) is 1. The molecule has 1 saturated heterocycles. The molecule has 104 valence electrons. The Kier molecular flexibility index (Phi) is 4.80. The highest BCUT2D eigenvalue weighted by Gasteiger charge is 2.25. The van der Waals surface area contributed by atoms with Crippen LogP contribution in [-0.4, -0.2) is 37.3 Å². The largest absolute Gasteiger partial charge is 0.450 e. The molecule has 0 saturated carbocycles. The van der Waals surface area contributed by atoms with E-state index in [9.17, 15) is 4.79 Å². The summed E-state index contributed by atoms with van der Waals surface area (Å²) in [6.07, 6.45) is 0.728. The predicted octanol–water partition coefficient (Wildman–Crippen LogP) is 2.78. The molecule has 4 heteroatoms. The van der Waals surface area contributed by atoms with E-state index in [1.54, 1.807) is 4.90 Å². The van der Waals surface area contributed by atoms with Crippen LogP contribution in [-0.2, 0) is 15.9 Å². The van der Waals surface area contributed by atoms with Gasteiger partial charge in [0.05, 0.1) is 19.8 Å². The molecule has 0 N–H and O–H groups in total. The number of hydrogen-bond acceptors (Lipinski definition) is 3. The third-order valence-electron chi connectivity index (χ3n) is 3.35. The average molecular weight is 263 g/mol. The van der Waals surface area contributed by atoms with Gasteiger partial charge in [0.2, 0.25) is 0 Å². The van der Waals surface area contributed by atoms with Crippen LogP contribution in [0.1, 0.15) is 31.1 Å². The van der Waals surface area contributed by atoms with Crippen molar-refractivity contribution in [1.29, 1.82) is 0 Å². The molecule has 1 aliphatic heterocycles. The number of aryl methyl sites for hydroxylation is 1. The van der Waals surface area contributed by atoms with Gasteiger partial charge in [0.25, 0.3) is 0 Å². The summed E-state index contributed by atoms with van der Waals surface area (Å²) in [5, 5.41) is 0. The smallest absolute Gasteiger partial charge is 0.409 e. The number of amides is 1. The fraction of sp³-hybridized carbons (Fsp3) is 0.533. The highest BCUT2D eigenvalue weighted by atomic mass is 16.6. The first-order valence-electron chi connectivity index (χ1n) is 6.86. The van der Waals surface area contributed by atoms with Crippen LogP contribution in [0.15, 0.2) is 24.3 Å². The number of rotatable bonds is 3. The normalized spacial score (nSPS) is 19.3. The summed E-state index contributed by atoms with van der Waals surface area (Å²) in [7, 11) is 0. The minimum Gasteiger partial charge on any atom is -0.450 e. The van der Waals surface area contributed by atoms with Crippen LogP contribution in [0.5, 0.6) is 0 Å². The van der Waals surface area contributed by atoms with Crippen molar-refractivity contribution in [3.8, 4) is 0 Å². The molecule has 0 radical (unpaired) electrons. The average Bonchev–Trinajstić information content (AvgIpc) is 2.48. The van der Waals surface area contributed by atoms with Crippen LogP contribution in [0.4, 0.5) is 4.79 Å². The second-order valence-corrected chi connectivity index (χ2v) is 4.60. The van der Waals surface area contributed by atoms with Crippen LogP contribution in [0.2, 0.25) is 0 Å². The Morgan fingerprint density at radius 2 is 2.11 bits per heavy atom. The Morgan fingerprint density at radius 3 is 2.74 bits per heavy atom. The molecule has 1 amide bonds. The number of ether oxygens (including phenoxy) is 2. The van der Waals surface area contributed by atoms with Crippen molar-refractivity contribution in [3.05, 3.63) is 35.4 Å². The van der Waals surface area contributed by atoms with E-state index in [2.05, 4.69) is 31.2 Å². The van der Waals surface area contributed by atoms with Gasteiger partial charge in [-0.15, -0.1) is 0 Å². The highest BCUT2D eigenvalue weighted by Crippen LogP contribution is 2.23. The molecule has 0 bridgehead atoms. The number of morpholine rings is 1. The number of carbonyl (C=O) groups excluding carboxylic acids is 1. The summed E-state index contributed by atoms with van der Waals surface area (Å²) in [5.41, 5.74) is 2.42. The molecule has 2 rings (SSSR count). The molecule has 19 heavy (non-hydrogen) atoms. The van der Waals surface area contributed by atoms with Gasteiger partial charge in [0.15, 0.2) is 0 Å². The van der Waals surface area contributed by atoms with Crippen molar-refractivity contribution in [1.82, 2.24) is 4.90 Å². The van der Waals surface area contributed by atoms with Crippen molar-refractivity contribution in [2.24, 2.45) is 0 Å². The Morgan fingerprint density at radius 1 is 1.37 bits per heavy atom. The molecule has 0 aromatic heterocycles.